The number of thioether (sulfide) groups is 1. The third kappa shape index (κ3) is 3.56. The molecule has 1 N–H and O–H groups in total. The molecule has 5 rings (SSSR count). The summed E-state index contributed by atoms with van der Waals surface area (Å²) in [6, 6.07) is 7.94. The van der Waals surface area contributed by atoms with E-state index in [0.717, 1.165) is 40.9 Å². The standard InChI is InChI=1S/C21H22N6OS2/c1-12(2)18-22-14-8-4-3-7-13(14)19-25-26-21(27(18)19)29-11-17(28)24-20-23-15-9-5-6-10-16(15)30-20/h3-4,7-8,12H,5-6,9-11H2,1-2H3,(H,23,24,28). The number of aromatic nitrogens is 5. The Bertz CT molecular complexity index is 1220. The van der Waals surface area contributed by atoms with Crippen molar-refractivity contribution in [3.05, 3.63) is 40.7 Å². The monoisotopic (exact) mass is 438 g/mol. The molecule has 154 valence electrons. The maximum absolute atomic E-state index is 12.5. The van der Waals surface area contributed by atoms with Crippen LogP contribution in [0.15, 0.2) is 29.4 Å². The summed E-state index contributed by atoms with van der Waals surface area (Å²) in [5.41, 5.74) is 2.83. The van der Waals surface area contributed by atoms with Crippen molar-refractivity contribution in [3.8, 4) is 0 Å². The maximum Gasteiger partial charge on any atom is 0.236 e. The maximum atomic E-state index is 12.5. The molecule has 0 aliphatic heterocycles. The highest BCUT2D eigenvalue weighted by Crippen LogP contribution is 2.30. The second-order valence-electron chi connectivity index (χ2n) is 7.72. The summed E-state index contributed by atoms with van der Waals surface area (Å²) in [5, 5.41) is 14.1. The predicted octanol–water partition coefficient (Wildman–Crippen LogP) is 4.47. The Labute approximate surface area is 182 Å². The number of nitrogens with one attached hydrogen (secondary N) is 1. The van der Waals surface area contributed by atoms with Crippen LogP contribution in [0.5, 0.6) is 0 Å². The first-order chi connectivity index (χ1) is 14.6. The Morgan fingerprint density at radius 2 is 2.03 bits per heavy atom. The molecule has 0 fully saturated rings. The highest BCUT2D eigenvalue weighted by molar-refractivity contribution is 7.99. The number of hydrogen-bond donors (Lipinski definition) is 1. The van der Waals surface area contributed by atoms with Crippen molar-refractivity contribution >= 4 is 50.7 Å². The van der Waals surface area contributed by atoms with E-state index in [9.17, 15) is 4.79 Å². The van der Waals surface area contributed by atoms with E-state index in [-0.39, 0.29) is 17.6 Å². The number of benzene rings is 1. The van der Waals surface area contributed by atoms with Crippen molar-refractivity contribution < 1.29 is 4.79 Å². The molecule has 0 unspecified atom stereocenters. The Morgan fingerprint density at radius 1 is 1.20 bits per heavy atom. The zero-order chi connectivity index (χ0) is 20.7. The van der Waals surface area contributed by atoms with Crippen LogP contribution in [-0.4, -0.2) is 36.2 Å². The molecular formula is C21H22N6OS2. The number of carbonyl (C=O) groups excluding carboxylic acids is 1. The zero-order valence-electron chi connectivity index (χ0n) is 16.9. The normalized spacial score (nSPS) is 13.8. The van der Waals surface area contributed by atoms with E-state index in [1.54, 1.807) is 11.3 Å². The lowest BCUT2D eigenvalue weighted by Gasteiger charge is -2.11. The predicted molar refractivity (Wildman–Crippen MR) is 120 cm³/mol. The van der Waals surface area contributed by atoms with Crippen molar-refractivity contribution in [2.24, 2.45) is 0 Å². The number of aryl methyl sites for hydroxylation is 2. The van der Waals surface area contributed by atoms with Gasteiger partial charge in [0.05, 0.1) is 17.0 Å². The Morgan fingerprint density at radius 3 is 2.87 bits per heavy atom. The number of rotatable bonds is 5. The highest BCUT2D eigenvalue weighted by atomic mass is 32.2. The van der Waals surface area contributed by atoms with Crippen LogP contribution in [-0.2, 0) is 17.6 Å². The van der Waals surface area contributed by atoms with Crippen molar-refractivity contribution in [2.75, 3.05) is 11.1 Å². The lowest BCUT2D eigenvalue weighted by Crippen LogP contribution is -2.14. The summed E-state index contributed by atoms with van der Waals surface area (Å²) >= 11 is 2.97. The van der Waals surface area contributed by atoms with Crippen LogP contribution < -0.4 is 5.32 Å². The van der Waals surface area contributed by atoms with Crippen LogP contribution in [0.25, 0.3) is 16.6 Å². The molecule has 0 saturated carbocycles. The van der Waals surface area contributed by atoms with Crippen LogP contribution in [0.1, 0.15) is 49.0 Å². The largest absolute Gasteiger partial charge is 0.301 e. The summed E-state index contributed by atoms with van der Waals surface area (Å²) < 4.78 is 1.98. The average Bonchev–Trinajstić information content (AvgIpc) is 3.35. The molecular weight excluding hydrogens is 416 g/mol. The molecule has 30 heavy (non-hydrogen) atoms. The van der Waals surface area contributed by atoms with E-state index in [1.165, 1.54) is 29.5 Å². The molecule has 4 aromatic rings. The van der Waals surface area contributed by atoms with Crippen LogP contribution in [0, 0.1) is 0 Å². The van der Waals surface area contributed by atoms with Gasteiger partial charge in [-0.15, -0.1) is 21.5 Å². The van der Waals surface area contributed by atoms with Crippen molar-refractivity contribution in [1.29, 1.82) is 0 Å². The minimum Gasteiger partial charge on any atom is -0.301 e. The lowest BCUT2D eigenvalue weighted by molar-refractivity contribution is -0.113. The molecule has 3 aromatic heterocycles. The van der Waals surface area contributed by atoms with Crippen LogP contribution in [0.3, 0.4) is 0 Å². The third-order valence-electron chi connectivity index (χ3n) is 5.18. The van der Waals surface area contributed by atoms with Gasteiger partial charge in [-0.1, -0.05) is 37.7 Å². The van der Waals surface area contributed by atoms with Gasteiger partial charge in [0, 0.05) is 16.2 Å². The highest BCUT2D eigenvalue weighted by Gasteiger charge is 2.19. The number of para-hydroxylation sites is 1. The minimum atomic E-state index is -0.0808. The molecule has 0 saturated heterocycles. The number of thiazole rings is 1. The van der Waals surface area contributed by atoms with Crippen LogP contribution in [0.4, 0.5) is 5.13 Å². The molecule has 0 spiro atoms. The quantitative estimate of drug-likeness (QED) is 0.463. The fourth-order valence-electron chi connectivity index (χ4n) is 3.76. The van der Waals surface area contributed by atoms with Gasteiger partial charge in [0.1, 0.15) is 5.82 Å². The Hall–Kier alpha value is -2.52. The second kappa shape index (κ2) is 7.96. The smallest absolute Gasteiger partial charge is 0.236 e. The first-order valence-corrected chi connectivity index (χ1v) is 12.0. The Balaban J connectivity index is 1.38. The van der Waals surface area contributed by atoms with Gasteiger partial charge in [-0.3, -0.25) is 9.20 Å². The molecule has 1 amide bonds. The number of hydrogen-bond acceptors (Lipinski definition) is 7. The molecule has 1 aliphatic carbocycles. The molecule has 0 radical (unpaired) electrons. The molecule has 1 aliphatic rings. The van der Waals surface area contributed by atoms with E-state index in [2.05, 4.69) is 34.3 Å². The number of anilines is 1. The minimum absolute atomic E-state index is 0.0808. The van der Waals surface area contributed by atoms with E-state index in [1.807, 2.05) is 28.7 Å². The number of amides is 1. The molecule has 0 bridgehead atoms. The molecule has 7 nitrogen and oxygen atoms in total. The van der Waals surface area contributed by atoms with Gasteiger partial charge in [-0.2, -0.15) is 0 Å². The van der Waals surface area contributed by atoms with Crippen molar-refractivity contribution in [3.63, 3.8) is 0 Å². The Kier molecular flexibility index (Phi) is 5.16. The first-order valence-electron chi connectivity index (χ1n) is 10.1. The lowest BCUT2D eigenvalue weighted by atomic mass is 10.0. The third-order valence-corrected chi connectivity index (χ3v) is 7.18. The zero-order valence-corrected chi connectivity index (χ0v) is 18.5. The van der Waals surface area contributed by atoms with Gasteiger partial charge < -0.3 is 5.32 Å². The number of carbonyl (C=O) groups is 1. The summed E-state index contributed by atoms with van der Waals surface area (Å²) in [6.45, 7) is 4.20. The average molecular weight is 439 g/mol. The topological polar surface area (TPSA) is 85.1 Å². The van der Waals surface area contributed by atoms with E-state index in [4.69, 9.17) is 4.98 Å². The van der Waals surface area contributed by atoms with Crippen molar-refractivity contribution in [2.45, 2.75) is 50.6 Å². The molecule has 0 atom stereocenters. The first kappa shape index (κ1) is 19.4. The summed E-state index contributed by atoms with van der Waals surface area (Å²) in [4.78, 5) is 23.3. The van der Waals surface area contributed by atoms with E-state index in [0.29, 0.717) is 10.3 Å². The second-order valence-corrected chi connectivity index (χ2v) is 9.74. The SMILES string of the molecule is CC(C)c1nc2ccccc2c2nnc(SCC(=O)Nc3nc4c(s3)CCCC4)n12. The molecule has 3 heterocycles. The summed E-state index contributed by atoms with van der Waals surface area (Å²) in [5.74, 6) is 1.25. The van der Waals surface area contributed by atoms with Gasteiger partial charge >= 0.3 is 0 Å². The van der Waals surface area contributed by atoms with Crippen molar-refractivity contribution in [1.82, 2.24) is 24.6 Å². The van der Waals surface area contributed by atoms with Gasteiger partial charge in [0.15, 0.2) is 15.9 Å². The van der Waals surface area contributed by atoms with Gasteiger partial charge in [-0.25, -0.2) is 9.97 Å². The number of fused-ring (bicyclic) bond motifs is 4. The van der Waals surface area contributed by atoms with Gasteiger partial charge in [0.25, 0.3) is 0 Å². The molecule has 9 heteroatoms. The van der Waals surface area contributed by atoms with Gasteiger partial charge in [0.2, 0.25) is 5.91 Å². The van der Waals surface area contributed by atoms with E-state index >= 15 is 0 Å². The van der Waals surface area contributed by atoms with E-state index < -0.39 is 0 Å². The fraction of sp³-hybridized carbons (Fsp3) is 0.381. The summed E-state index contributed by atoms with van der Waals surface area (Å²) in [7, 11) is 0. The van der Waals surface area contributed by atoms with Crippen LogP contribution >= 0.6 is 23.1 Å². The van der Waals surface area contributed by atoms with Crippen LogP contribution in [0.2, 0.25) is 0 Å². The number of nitrogens with zero attached hydrogens (tertiary/aromatic N) is 5. The summed E-state index contributed by atoms with van der Waals surface area (Å²) in [6.07, 6.45) is 4.48. The molecule has 1 aromatic carbocycles. The van der Waals surface area contributed by atoms with Gasteiger partial charge in [-0.05, 0) is 37.8 Å². The fourth-order valence-corrected chi connectivity index (χ4v) is 5.56.